The van der Waals surface area contributed by atoms with E-state index >= 15 is 0 Å². The van der Waals surface area contributed by atoms with Gasteiger partial charge in [-0.3, -0.25) is 9.78 Å². The van der Waals surface area contributed by atoms with Gasteiger partial charge in [0.2, 0.25) is 0 Å². The van der Waals surface area contributed by atoms with Gasteiger partial charge in [0.25, 0.3) is 5.91 Å². The minimum absolute atomic E-state index is 0.128. The van der Waals surface area contributed by atoms with Crippen LogP contribution in [0.4, 0.5) is 0 Å². The Morgan fingerprint density at radius 2 is 2.00 bits per heavy atom. The lowest BCUT2D eigenvalue weighted by Crippen LogP contribution is -2.49. The molecule has 2 atom stereocenters. The van der Waals surface area contributed by atoms with Crippen LogP contribution in [0.15, 0.2) is 18.5 Å². The van der Waals surface area contributed by atoms with Crippen molar-refractivity contribution in [1.29, 1.82) is 0 Å². The molecule has 2 aliphatic heterocycles. The van der Waals surface area contributed by atoms with Gasteiger partial charge in [0.1, 0.15) is 0 Å². The number of nitrogens with zero attached hydrogens (tertiary/aromatic N) is 1. The van der Waals surface area contributed by atoms with Gasteiger partial charge in [-0.25, -0.2) is 0 Å². The first kappa shape index (κ1) is 15.7. The van der Waals surface area contributed by atoms with Gasteiger partial charge in [-0.05, 0) is 31.2 Å². The highest BCUT2D eigenvalue weighted by atomic mass is 35.5. The van der Waals surface area contributed by atoms with E-state index in [1.807, 2.05) is 0 Å². The number of rotatable bonds is 3. The monoisotopic (exact) mass is 324 g/mol. The summed E-state index contributed by atoms with van der Waals surface area (Å²) in [6, 6.07) is 1.79. The summed E-state index contributed by atoms with van der Waals surface area (Å²) in [5.41, 5.74) is 0.480. The van der Waals surface area contributed by atoms with Gasteiger partial charge in [-0.15, -0.1) is 0 Å². The normalized spacial score (nSPS) is 26.6. The molecule has 2 saturated heterocycles. The molecule has 5 nitrogen and oxygen atoms in total. The summed E-state index contributed by atoms with van der Waals surface area (Å²) >= 11 is 6.06. The minimum Gasteiger partial charge on any atom is -0.381 e. The van der Waals surface area contributed by atoms with Crippen molar-refractivity contribution in [2.45, 2.75) is 25.3 Å². The standard InChI is InChI=1S/C16H21ClN2O3/c17-14-9-18-5-1-12(14)16(20)19-15-4-8-22-10-13(15)11-2-6-21-7-3-11/h1,5,9,11,13,15H,2-4,6-8,10H2,(H,19,20)/t13-,15-/m0/s1. The highest BCUT2D eigenvalue weighted by Gasteiger charge is 2.34. The van der Waals surface area contributed by atoms with Gasteiger partial charge in [-0.2, -0.15) is 0 Å². The highest BCUT2D eigenvalue weighted by Crippen LogP contribution is 2.30. The van der Waals surface area contributed by atoms with Gasteiger partial charge >= 0.3 is 0 Å². The highest BCUT2D eigenvalue weighted by molar-refractivity contribution is 6.33. The predicted molar refractivity (Wildman–Crippen MR) is 83.0 cm³/mol. The molecule has 22 heavy (non-hydrogen) atoms. The zero-order valence-electron chi connectivity index (χ0n) is 12.5. The molecule has 3 rings (SSSR count). The second-order valence-corrected chi connectivity index (χ2v) is 6.32. The predicted octanol–water partition coefficient (Wildman–Crippen LogP) is 2.30. The van der Waals surface area contributed by atoms with Crippen molar-refractivity contribution < 1.29 is 14.3 Å². The van der Waals surface area contributed by atoms with Crippen molar-refractivity contribution in [2.75, 3.05) is 26.4 Å². The van der Waals surface area contributed by atoms with Crippen molar-refractivity contribution in [3.05, 3.63) is 29.0 Å². The third-order valence-corrected chi connectivity index (χ3v) is 4.91. The lowest BCUT2D eigenvalue weighted by Gasteiger charge is -2.39. The van der Waals surface area contributed by atoms with E-state index in [1.54, 1.807) is 12.3 Å². The van der Waals surface area contributed by atoms with Crippen LogP contribution in [-0.4, -0.2) is 43.4 Å². The average molecular weight is 325 g/mol. The average Bonchev–Trinajstić information content (AvgIpc) is 2.56. The number of carbonyl (C=O) groups excluding carboxylic acids is 1. The molecule has 1 amide bonds. The van der Waals surface area contributed by atoms with Crippen LogP contribution >= 0.6 is 11.6 Å². The molecular formula is C16H21ClN2O3. The maximum Gasteiger partial charge on any atom is 0.253 e. The van der Waals surface area contributed by atoms with E-state index in [1.165, 1.54) is 6.20 Å². The first-order valence-corrected chi connectivity index (χ1v) is 8.19. The van der Waals surface area contributed by atoms with Crippen molar-refractivity contribution in [3.63, 3.8) is 0 Å². The molecule has 6 heteroatoms. The molecule has 0 aromatic carbocycles. The fraction of sp³-hybridized carbons (Fsp3) is 0.625. The lowest BCUT2D eigenvalue weighted by atomic mass is 9.79. The molecule has 0 spiro atoms. The molecule has 0 radical (unpaired) electrons. The van der Waals surface area contributed by atoms with Gasteiger partial charge in [-0.1, -0.05) is 11.6 Å². The summed E-state index contributed by atoms with van der Waals surface area (Å²) in [7, 11) is 0. The maximum absolute atomic E-state index is 12.5. The van der Waals surface area contributed by atoms with Crippen LogP contribution in [0.3, 0.4) is 0 Å². The smallest absolute Gasteiger partial charge is 0.253 e. The summed E-state index contributed by atoms with van der Waals surface area (Å²) in [5.74, 6) is 0.769. The number of nitrogens with one attached hydrogen (secondary N) is 1. The number of halogens is 1. The Balaban J connectivity index is 1.68. The molecule has 0 unspecified atom stereocenters. The van der Waals surface area contributed by atoms with E-state index in [-0.39, 0.29) is 11.9 Å². The lowest BCUT2D eigenvalue weighted by molar-refractivity contribution is -0.0259. The molecule has 1 aromatic heterocycles. The van der Waals surface area contributed by atoms with Crippen LogP contribution in [0.2, 0.25) is 5.02 Å². The number of hydrogen-bond acceptors (Lipinski definition) is 4. The van der Waals surface area contributed by atoms with Crippen molar-refractivity contribution in [2.24, 2.45) is 11.8 Å². The third kappa shape index (κ3) is 3.59. The molecule has 0 aliphatic carbocycles. The fourth-order valence-corrected chi connectivity index (χ4v) is 3.56. The molecule has 120 valence electrons. The van der Waals surface area contributed by atoms with E-state index in [9.17, 15) is 4.79 Å². The quantitative estimate of drug-likeness (QED) is 0.926. The second kappa shape index (κ2) is 7.40. The zero-order valence-corrected chi connectivity index (χ0v) is 13.2. The minimum atomic E-state index is -0.128. The first-order chi connectivity index (χ1) is 10.8. The molecule has 3 heterocycles. The van der Waals surface area contributed by atoms with Crippen LogP contribution in [0.25, 0.3) is 0 Å². The second-order valence-electron chi connectivity index (χ2n) is 5.91. The van der Waals surface area contributed by atoms with E-state index in [0.717, 1.165) is 32.5 Å². The fourth-order valence-electron chi connectivity index (χ4n) is 3.35. The van der Waals surface area contributed by atoms with Gasteiger partial charge in [0.05, 0.1) is 17.2 Å². The SMILES string of the molecule is O=C(N[C@H]1CCOC[C@H]1C1CCOCC1)c1ccncc1Cl. The Morgan fingerprint density at radius 1 is 1.23 bits per heavy atom. The first-order valence-electron chi connectivity index (χ1n) is 7.81. The number of pyridine rings is 1. The summed E-state index contributed by atoms with van der Waals surface area (Å²) < 4.78 is 11.1. The van der Waals surface area contributed by atoms with Crippen LogP contribution < -0.4 is 5.32 Å². The largest absolute Gasteiger partial charge is 0.381 e. The van der Waals surface area contributed by atoms with Gasteiger partial charge in [0.15, 0.2) is 0 Å². The molecule has 0 saturated carbocycles. The maximum atomic E-state index is 12.5. The number of ether oxygens (including phenoxy) is 2. The Bertz CT molecular complexity index is 520. The molecule has 1 aromatic rings. The number of aromatic nitrogens is 1. The van der Waals surface area contributed by atoms with Gasteiger partial charge in [0, 0.05) is 44.2 Å². The van der Waals surface area contributed by atoms with Crippen molar-refractivity contribution in [1.82, 2.24) is 10.3 Å². The summed E-state index contributed by atoms with van der Waals surface area (Å²) in [5, 5.41) is 3.54. The van der Waals surface area contributed by atoms with Crippen LogP contribution in [0.1, 0.15) is 29.6 Å². The van der Waals surface area contributed by atoms with Crippen LogP contribution in [0.5, 0.6) is 0 Å². The molecular weight excluding hydrogens is 304 g/mol. The van der Waals surface area contributed by atoms with Crippen LogP contribution in [0, 0.1) is 11.8 Å². The van der Waals surface area contributed by atoms with E-state index in [4.69, 9.17) is 21.1 Å². The number of amides is 1. The van der Waals surface area contributed by atoms with E-state index in [0.29, 0.717) is 35.6 Å². The van der Waals surface area contributed by atoms with E-state index in [2.05, 4.69) is 10.3 Å². The third-order valence-electron chi connectivity index (χ3n) is 4.61. The molecule has 0 bridgehead atoms. The van der Waals surface area contributed by atoms with Gasteiger partial charge < -0.3 is 14.8 Å². The zero-order chi connectivity index (χ0) is 15.4. The summed E-state index contributed by atoms with van der Waals surface area (Å²) in [6.07, 6.45) is 6.00. The van der Waals surface area contributed by atoms with E-state index < -0.39 is 0 Å². The number of carbonyl (C=O) groups is 1. The topological polar surface area (TPSA) is 60.5 Å². The van der Waals surface area contributed by atoms with Crippen LogP contribution in [-0.2, 0) is 9.47 Å². The number of hydrogen-bond donors (Lipinski definition) is 1. The summed E-state index contributed by atoms with van der Waals surface area (Å²) in [6.45, 7) is 3.00. The molecule has 1 N–H and O–H groups in total. The van der Waals surface area contributed by atoms with Crippen molar-refractivity contribution >= 4 is 17.5 Å². The van der Waals surface area contributed by atoms with Crippen molar-refractivity contribution in [3.8, 4) is 0 Å². The summed E-state index contributed by atoms with van der Waals surface area (Å²) in [4.78, 5) is 16.4. The Labute approximate surface area is 135 Å². The molecule has 2 aliphatic rings. The Morgan fingerprint density at radius 3 is 2.77 bits per heavy atom. The Hall–Kier alpha value is -1.17. The molecule has 2 fully saturated rings. The Kier molecular flexibility index (Phi) is 5.28.